The fourth-order valence-electron chi connectivity index (χ4n) is 1.91. The molecule has 0 aliphatic heterocycles. The number of anilines is 1. The van der Waals surface area contributed by atoms with Crippen molar-refractivity contribution in [3.05, 3.63) is 29.8 Å². The van der Waals surface area contributed by atoms with E-state index in [9.17, 15) is 14.4 Å². The highest BCUT2D eigenvalue weighted by Crippen LogP contribution is 2.19. The molecule has 1 aromatic rings. The number of para-hydroxylation sites is 1. The second-order valence-corrected chi connectivity index (χ2v) is 4.75. The zero-order valence-corrected chi connectivity index (χ0v) is 12.4. The van der Waals surface area contributed by atoms with Crippen molar-refractivity contribution in [3.63, 3.8) is 0 Å². The number of carbonyl (C=O) groups is 3. The molecule has 0 unspecified atom stereocenters. The number of carboxylic acid groups (broad SMARTS) is 1. The third-order valence-electron chi connectivity index (χ3n) is 3.16. The first-order chi connectivity index (χ1) is 9.88. The topological polar surface area (TPSA) is 86.7 Å². The van der Waals surface area contributed by atoms with Gasteiger partial charge in [0.2, 0.25) is 5.91 Å². The van der Waals surface area contributed by atoms with Gasteiger partial charge in [-0.1, -0.05) is 25.5 Å². The Balaban J connectivity index is 3.02. The fraction of sp³-hybridized carbons (Fsp3) is 0.400. The van der Waals surface area contributed by atoms with Crippen LogP contribution >= 0.6 is 0 Å². The van der Waals surface area contributed by atoms with Crippen molar-refractivity contribution in [1.29, 1.82) is 0 Å². The number of amides is 2. The van der Waals surface area contributed by atoms with Gasteiger partial charge in [0.15, 0.2) is 0 Å². The van der Waals surface area contributed by atoms with Crippen LogP contribution in [0.3, 0.4) is 0 Å². The third kappa shape index (κ3) is 4.30. The van der Waals surface area contributed by atoms with Gasteiger partial charge in [0, 0.05) is 14.0 Å². The molecular formula is C15H20N2O4. The van der Waals surface area contributed by atoms with Crippen molar-refractivity contribution in [2.45, 2.75) is 32.7 Å². The zero-order valence-electron chi connectivity index (χ0n) is 12.4. The number of carboxylic acids is 1. The first kappa shape index (κ1) is 16.7. The molecule has 0 saturated carbocycles. The Hall–Kier alpha value is -2.37. The molecule has 0 fully saturated rings. The molecule has 0 heterocycles. The van der Waals surface area contributed by atoms with Crippen LogP contribution in [0.5, 0.6) is 0 Å². The van der Waals surface area contributed by atoms with Crippen molar-refractivity contribution in [2.24, 2.45) is 0 Å². The highest BCUT2D eigenvalue weighted by atomic mass is 16.4. The Morgan fingerprint density at radius 1 is 1.29 bits per heavy atom. The van der Waals surface area contributed by atoms with E-state index in [-0.39, 0.29) is 11.5 Å². The van der Waals surface area contributed by atoms with Crippen LogP contribution < -0.4 is 10.2 Å². The second-order valence-electron chi connectivity index (χ2n) is 4.75. The standard InChI is InChI=1S/C15H20N2O4/c1-4-7-12(15(20)21)16-14(19)11-8-5-6-9-13(11)17(3)10(2)18/h5-6,8-9,12H,4,7H2,1-3H3,(H,16,19)(H,20,21)/t12-/m0/s1. The number of carbonyl (C=O) groups excluding carboxylic acids is 2. The Morgan fingerprint density at radius 3 is 2.43 bits per heavy atom. The molecular weight excluding hydrogens is 272 g/mol. The van der Waals surface area contributed by atoms with Gasteiger partial charge in [0.1, 0.15) is 6.04 Å². The van der Waals surface area contributed by atoms with Crippen molar-refractivity contribution >= 4 is 23.5 Å². The lowest BCUT2D eigenvalue weighted by Gasteiger charge is -2.20. The molecule has 0 spiro atoms. The summed E-state index contributed by atoms with van der Waals surface area (Å²) in [5, 5.41) is 11.6. The maximum Gasteiger partial charge on any atom is 0.326 e. The maximum atomic E-state index is 12.3. The van der Waals surface area contributed by atoms with Crippen molar-refractivity contribution in [1.82, 2.24) is 5.32 Å². The quantitative estimate of drug-likeness (QED) is 0.834. The van der Waals surface area contributed by atoms with Gasteiger partial charge in [-0.15, -0.1) is 0 Å². The van der Waals surface area contributed by atoms with Gasteiger partial charge in [-0.3, -0.25) is 9.59 Å². The van der Waals surface area contributed by atoms with Crippen LogP contribution in [0, 0.1) is 0 Å². The van der Waals surface area contributed by atoms with Gasteiger partial charge in [-0.25, -0.2) is 4.79 Å². The largest absolute Gasteiger partial charge is 0.480 e. The van der Waals surface area contributed by atoms with Crippen LogP contribution in [0.15, 0.2) is 24.3 Å². The molecule has 0 aromatic heterocycles. The minimum Gasteiger partial charge on any atom is -0.480 e. The summed E-state index contributed by atoms with van der Waals surface area (Å²) >= 11 is 0. The predicted octanol–water partition coefficient (Wildman–Crippen LogP) is 1.65. The van der Waals surface area contributed by atoms with E-state index in [1.165, 1.54) is 11.8 Å². The molecule has 1 rings (SSSR count). The summed E-state index contributed by atoms with van der Waals surface area (Å²) in [6, 6.07) is 5.66. The summed E-state index contributed by atoms with van der Waals surface area (Å²) in [4.78, 5) is 36.2. The lowest BCUT2D eigenvalue weighted by atomic mass is 10.1. The van der Waals surface area contributed by atoms with E-state index < -0.39 is 17.9 Å². The molecule has 0 aliphatic rings. The normalized spacial score (nSPS) is 11.6. The monoisotopic (exact) mass is 292 g/mol. The van der Waals surface area contributed by atoms with Gasteiger partial charge in [-0.05, 0) is 18.6 Å². The zero-order chi connectivity index (χ0) is 16.0. The van der Waals surface area contributed by atoms with Crippen LogP contribution in [-0.2, 0) is 9.59 Å². The Morgan fingerprint density at radius 2 is 1.90 bits per heavy atom. The summed E-state index contributed by atoms with van der Waals surface area (Å²) in [7, 11) is 1.56. The number of nitrogens with zero attached hydrogens (tertiary/aromatic N) is 1. The summed E-state index contributed by atoms with van der Waals surface area (Å²) in [6.45, 7) is 3.24. The molecule has 0 radical (unpaired) electrons. The number of nitrogens with one attached hydrogen (secondary N) is 1. The summed E-state index contributed by atoms with van der Waals surface area (Å²) < 4.78 is 0. The maximum absolute atomic E-state index is 12.3. The van der Waals surface area contributed by atoms with Crippen molar-refractivity contribution < 1.29 is 19.5 Å². The van der Waals surface area contributed by atoms with Gasteiger partial charge in [-0.2, -0.15) is 0 Å². The predicted molar refractivity (Wildman–Crippen MR) is 79.3 cm³/mol. The van der Waals surface area contributed by atoms with Gasteiger partial charge in [0.25, 0.3) is 5.91 Å². The van der Waals surface area contributed by atoms with E-state index in [1.54, 1.807) is 31.3 Å². The number of hydrogen-bond acceptors (Lipinski definition) is 3. The van der Waals surface area contributed by atoms with E-state index in [0.29, 0.717) is 18.5 Å². The Labute approximate surface area is 123 Å². The minimum atomic E-state index is -1.07. The fourth-order valence-corrected chi connectivity index (χ4v) is 1.91. The van der Waals surface area contributed by atoms with E-state index >= 15 is 0 Å². The molecule has 6 heteroatoms. The Bertz CT molecular complexity index is 542. The summed E-state index contributed by atoms with van der Waals surface area (Å²) in [6.07, 6.45) is 0.998. The molecule has 1 aromatic carbocycles. The van der Waals surface area contributed by atoms with E-state index in [2.05, 4.69) is 5.32 Å². The molecule has 1 atom stereocenters. The number of hydrogen-bond donors (Lipinski definition) is 2. The summed E-state index contributed by atoms with van der Waals surface area (Å²) in [5.41, 5.74) is 0.723. The smallest absolute Gasteiger partial charge is 0.326 e. The molecule has 0 saturated heterocycles. The van der Waals surface area contributed by atoms with Crippen LogP contribution in [0.4, 0.5) is 5.69 Å². The highest BCUT2D eigenvalue weighted by Gasteiger charge is 2.22. The van der Waals surface area contributed by atoms with E-state index in [0.717, 1.165) is 0 Å². The molecule has 0 aliphatic carbocycles. The van der Waals surface area contributed by atoms with Crippen molar-refractivity contribution in [3.8, 4) is 0 Å². The van der Waals surface area contributed by atoms with Gasteiger partial charge >= 0.3 is 5.97 Å². The lowest BCUT2D eigenvalue weighted by molar-refractivity contribution is -0.139. The average Bonchev–Trinajstić information content (AvgIpc) is 2.45. The van der Waals surface area contributed by atoms with E-state index in [1.807, 2.05) is 6.92 Å². The second kappa shape index (κ2) is 7.42. The van der Waals surface area contributed by atoms with Crippen LogP contribution in [-0.4, -0.2) is 36.0 Å². The lowest BCUT2D eigenvalue weighted by Crippen LogP contribution is -2.41. The number of aliphatic carboxylic acids is 1. The number of benzene rings is 1. The molecule has 6 nitrogen and oxygen atoms in total. The third-order valence-corrected chi connectivity index (χ3v) is 3.16. The molecule has 21 heavy (non-hydrogen) atoms. The minimum absolute atomic E-state index is 0.210. The molecule has 2 N–H and O–H groups in total. The highest BCUT2D eigenvalue weighted by molar-refractivity contribution is 6.05. The summed E-state index contributed by atoms with van der Waals surface area (Å²) in [5.74, 6) is -1.78. The molecule has 0 bridgehead atoms. The first-order valence-corrected chi connectivity index (χ1v) is 6.75. The van der Waals surface area contributed by atoms with Crippen LogP contribution in [0.1, 0.15) is 37.0 Å². The SMILES string of the molecule is CCC[C@H](NC(=O)c1ccccc1N(C)C(C)=O)C(=O)O. The van der Waals surface area contributed by atoms with Crippen LogP contribution in [0.2, 0.25) is 0 Å². The van der Waals surface area contributed by atoms with Crippen LogP contribution in [0.25, 0.3) is 0 Å². The van der Waals surface area contributed by atoms with Crippen molar-refractivity contribution in [2.75, 3.05) is 11.9 Å². The average molecular weight is 292 g/mol. The first-order valence-electron chi connectivity index (χ1n) is 6.75. The van der Waals surface area contributed by atoms with Gasteiger partial charge in [0.05, 0.1) is 11.3 Å². The molecule has 114 valence electrons. The Kier molecular flexibility index (Phi) is 5.90. The van der Waals surface area contributed by atoms with E-state index in [4.69, 9.17) is 5.11 Å². The molecule has 2 amide bonds. The number of rotatable bonds is 6. The van der Waals surface area contributed by atoms with Gasteiger partial charge < -0.3 is 15.3 Å².